The monoisotopic (exact) mass is 624 g/mol. The van der Waals surface area contributed by atoms with Crippen molar-refractivity contribution in [3.8, 4) is 6.07 Å². The van der Waals surface area contributed by atoms with Crippen LogP contribution in [0.4, 0.5) is 10.8 Å². The molecule has 1 atom stereocenters. The Morgan fingerprint density at radius 2 is 1.88 bits per heavy atom. The molecule has 210 valence electrons. The van der Waals surface area contributed by atoms with Gasteiger partial charge in [-0.15, -0.1) is 10.2 Å². The van der Waals surface area contributed by atoms with Crippen molar-refractivity contribution in [3.63, 3.8) is 0 Å². The number of thioether (sulfide) groups is 1. The second-order valence-corrected chi connectivity index (χ2v) is 13.7. The highest BCUT2D eigenvalue weighted by Crippen LogP contribution is 2.52. The largest absolute Gasteiger partial charge is 0.384 e. The molecule has 41 heavy (non-hydrogen) atoms. The number of nitriles is 1. The molecular formula is C29H26Cl2N6O2S2. The predicted octanol–water partition coefficient (Wildman–Crippen LogP) is 6.83. The minimum Gasteiger partial charge on any atom is -0.384 e. The molecule has 1 amide bonds. The van der Waals surface area contributed by atoms with Crippen LogP contribution in [0.15, 0.2) is 69.5 Å². The van der Waals surface area contributed by atoms with E-state index >= 15 is 0 Å². The smallest absolute Gasteiger partial charge is 0.234 e. The normalized spacial score (nSPS) is 18.3. The number of nitrogens with two attached hydrogens (primary N) is 1. The van der Waals surface area contributed by atoms with Crippen molar-refractivity contribution >= 4 is 68.8 Å². The zero-order chi connectivity index (χ0) is 29.5. The van der Waals surface area contributed by atoms with Gasteiger partial charge < -0.3 is 11.1 Å². The molecule has 1 aliphatic heterocycles. The van der Waals surface area contributed by atoms with Crippen LogP contribution in [0, 0.1) is 23.7 Å². The van der Waals surface area contributed by atoms with Gasteiger partial charge in [0, 0.05) is 39.0 Å². The second-order valence-electron chi connectivity index (χ2n) is 10.7. The van der Waals surface area contributed by atoms with E-state index in [9.17, 15) is 14.9 Å². The van der Waals surface area contributed by atoms with Gasteiger partial charge in [0.05, 0.1) is 23.3 Å². The molecule has 5 rings (SSSR count). The van der Waals surface area contributed by atoms with Crippen LogP contribution in [-0.2, 0) is 9.59 Å². The van der Waals surface area contributed by atoms with Crippen molar-refractivity contribution in [1.29, 1.82) is 5.26 Å². The first kappa shape index (κ1) is 29.1. The van der Waals surface area contributed by atoms with Gasteiger partial charge in [0.2, 0.25) is 11.0 Å². The molecule has 0 saturated heterocycles. The molecular weight excluding hydrogens is 599 g/mol. The SMILES string of the molecule is Cc1ccc(NC(=O)CSc2nnc(N3C(N)=C(C#N)C(c4c(Cl)cccc4Cl)C4=C3CC(C)(C)CC4=O)s2)cc1. The van der Waals surface area contributed by atoms with E-state index in [0.717, 1.165) is 5.56 Å². The molecule has 0 spiro atoms. The van der Waals surface area contributed by atoms with Gasteiger partial charge in [-0.25, -0.2) is 0 Å². The first-order valence-electron chi connectivity index (χ1n) is 12.7. The minimum atomic E-state index is -0.803. The molecule has 1 aliphatic carbocycles. The van der Waals surface area contributed by atoms with Gasteiger partial charge in [-0.05, 0) is 43.0 Å². The number of hydrogen-bond donors (Lipinski definition) is 2. The number of hydrogen-bond acceptors (Lipinski definition) is 9. The summed E-state index contributed by atoms with van der Waals surface area (Å²) in [6.07, 6.45) is 0.803. The number of allylic oxidation sites excluding steroid dienone is 3. The van der Waals surface area contributed by atoms with Crippen LogP contribution in [0.25, 0.3) is 0 Å². The Kier molecular flexibility index (Phi) is 8.17. The summed E-state index contributed by atoms with van der Waals surface area (Å²) in [4.78, 5) is 27.9. The Bertz CT molecular complexity index is 1640. The number of amides is 1. The van der Waals surface area contributed by atoms with E-state index in [1.54, 1.807) is 23.1 Å². The number of carbonyl (C=O) groups is 2. The second kappa shape index (κ2) is 11.5. The lowest BCUT2D eigenvalue weighted by Crippen LogP contribution is -2.42. The fraction of sp³-hybridized carbons (Fsp3) is 0.276. The molecule has 3 aromatic rings. The molecule has 1 aromatic heterocycles. The third-order valence-electron chi connectivity index (χ3n) is 6.92. The standard InChI is InChI=1S/C29H26Cl2N6O2S2/c1-15-7-9-16(10-8-15)34-22(39)14-40-28-36-35-27(41-28)37-20-11-29(2,3)12-21(38)25(20)23(17(13-32)26(37)33)24-18(30)5-4-6-19(24)31/h4-10,23H,11-12,14,33H2,1-3H3,(H,34,39). The van der Waals surface area contributed by atoms with Crippen molar-refractivity contribution in [3.05, 3.63) is 86.3 Å². The summed E-state index contributed by atoms with van der Waals surface area (Å²) in [7, 11) is 0. The van der Waals surface area contributed by atoms with Gasteiger partial charge in [0.25, 0.3) is 0 Å². The zero-order valence-electron chi connectivity index (χ0n) is 22.5. The summed E-state index contributed by atoms with van der Waals surface area (Å²) in [6.45, 7) is 6.00. The predicted molar refractivity (Wildman–Crippen MR) is 164 cm³/mol. The van der Waals surface area contributed by atoms with E-state index in [2.05, 4.69) is 21.6 Å². The van der Waals surface area contributed by atoms with Crippen molar-refractivity contribution in [2.24, 2.45) is 11.1 Å². The molecule has 2 aromatic carbocycles. The maximum Gasteiger partial charge on any atom is 0.234 e. The number of ketones is 1. The lowest BCUT2D eigenvalue weighted by Gasteiger charge is -2.42. The van der Waals surface area contributed by atoms with E-state index in [-0.39, 0.29) is 34.3 Å². The Morgan fingerprint density at radius 3 is 2.54 bits per heavy atom. The fourth-order valence-corrected chi connectivity index (χ4v) is 7.41. The number of nitrogens with one attached hydrogen (secondary N) is 1. The number of carbonyl (C=O) groups excluding carboxylic acids is 2. The molecule has 2 heterocycles. The van der Waals surface area contributed by atoms with E-state index in [0.29, 0.717) is 54.9 Å². The van der Waals surface area contributed by atoms with Gasteiger partial charge in [0.15, 0.2) is 10.1 Å². The van der Waals surface area contributed by atoms with Crippen molar-refractivity contribution < 1.29 is 9.59 Å². The maximum atomic E-state index is 13.7. The van der Waals surface area contributed by atoms with Gasteiger partial charge in [-0.2, -0.15) is 5.26 Å². The van der Waals surface area contributed by atoms with Gasteiger partial charge in [0.1, 0.15) is 5.82 Å². The van der Waals surface area contributed by atoms with Gasteiger partial charge >= 0.3 is 0 Å². The number of anilines is 2. The summed E-state index contributed by atoms with van der Waals surface area (Å²) >= 11 is 15.6. The average molecular weight is 626 g/mol. The van der Waals surface area contributed by atoms with E-state index in [1.165, 1.54) is 23.1 Å². The number of aromatic nitrogens is 2. The summed E-state index contributed by atoms with van der Waals surface area (Å²) in [5.41, 5.74) is 9.86. The van der Waals surface area contributed by atoms with Gasteiger partial charge in [-0.1, -0.05) is 83.9 Å². The molecule has 0 radical (unpaired) electrons. The van der Waals surface area contributed by atoms with E-state index in [1.807, 2.05) is 45.0 Å². The zero-order valence-corrected chi connectivity index (χ0v) is 25.6. The highest BCUT2D eigenvalue weighted by atomic mass is 35.5. The highest BCUT2D eigenvalue weighted by Gasteiger charge is 2.46. The van der Waals surface area contributed by atoms with Crippen molar-refractivity contribution in [2.45, 2.75) is 43.9 Å². The molecule has 1 unspecified atom stereocenters. The van der Waals surface area contributed by atoms with Crippen molar-refractivity contribution in [2.75, 3.05) is 16.0 Å². The van der Waals surface area contributed by atoms with Crippen LogP contribution < -0.4 is 16.0 Å². The summed E-state index contributed by atoms with van der Waals surface area (Å²) < 4.78 is 0.546. The van der Waals surface area contributed by atoms with Crippen LogP contribution in [0.2, 0.25) is 10.0 Å². The molecule has 0 fully saturated rings. The molecule has 3 N–H and O–H groups in total. The number of aryl methyl sites for hydroxylation is 1. The molecule has 2 aliphatic rings. The Morgan fingerprint density at radius 1 is 1.20 bits per heavy atom. The third-order valence-corrected chi connectivity index (χ3v) is 9.62. The van der Waals surface area contributed by atoms with Crippen LogP contribution >= 0.6 is 46.3 Å². The Balaban J connectivity index is 1.49. The van der Waals surface area contributed by atoms with Crippen molar-refractivity contribution in [1.82, 2.24) is 10.2 Å². The number of halogens is 2. The fourth-order valence-electron chi connectivity index (χ4n) is 5.11. The topological polar surface area (TPSA) is 125 Å². The number of Topliss-reactive ketones (excluding diaryl/α,β-unsaturated/α-hetero) is 1. The molecule has 12 heteroatoms. The van der Waals surface area contributed by atoms with E-state index in [4.69, 9.17) is 28.9 Å². The lowest BCUT2D eigenvalue weighted by atomic mass is 9.68. The maximum absolute atomic E-state index is 13.7. The van der Waals surface area contributed by atoms with Crippen LogP contribution in [0.5, 0.6) is 0 Å². The lowest BCUT2D eigenvalue weighted by molar-refractivity contribution is -0.118. The number of rotatable bonds is 6. The summed E-state index contributed by atoms with van der Waals surface area (Å²) in [5, 5.41) is 22.9. The van der Waals surface area contributed by atoms with E-state index < -0.39 is 5.92 Å². The molecule has 8 nitrogen and oxygen atoms in total. The number of nitrogens with zero attached hydrogens (tertiary/aromatic N) is 4. The first-order chi connectivity index (χ1) is 19.5. The Hall–Kier alpha value is -3.36. The highest BCUT2D eigenvalue weighted by molar-refractivity contribution is 8.01. The average Bonchev–Trinajstić information content (AvgIpc) is 3.36. The molecule has 0 saturated carbocycles. The Labute approximate surface area is 256 Å². The molecule has 0 bridgehead atoms. The quantitative estimate of drug-likeness (QED) is 0.286. The first-order valence-corrected chi connectivity index (χ1v) is 15.3. The minimum absolute atomic E-state index is 0.102. The van der Waals surface area contributed by atoms with Gasteiger partial charge in [-0.3, -0.25) is 14.5 Å². The number of benzene rings is 2. The van der Waals surface area contributed by atoms with Crippen LogP contribution in [-0.4, -0.2) is 27.6 Å². The van der Waals surface area contributed by atoms with Crippen LogP contribution in [0.3, 0.4) is 0 Å². The third kappa shape index (κ3) is 5.86. The summed E-state index contributed by atoms with van der Waals surface area (Å²) in [5.74, 6) is -0.812. The van der Waals surface area contributed by atoms with Crippen LogP contribution in [0.1, 0.15) is 43.7 Å². The summed E-state index contributed by atoms with van der Waals surface area (Å²) in [6, 6.07) is 14.8.